The molecule has 2 N–H and O–H groups in total. The second-order valence-electron chi connectivity index (χ2n) is 7.69. The third-order valence-corrected chi connectivity index (χ3v) is 5.59. The smallest absolute Gasteiger partial charge is 0.407 e. The Bertz CT molecular complexity index is 1120. The molecule has 1 fully saturated rings. The van der Waals surface area contributed by atoms with Crippen molar-refractivity contribution in [3.8, 4) is 22.9 Å². The van der Waals surface area contributed by atoms with E-state index in [1.165, 1.54) is 11.9 Å². The van der Waals surface area contributed by atoms with Crippen molar-refractivity contribution < 1.29 is 14.6 Å². The number of hydrogen-bond donors (Lipinski definition) is 2. The zero-order valence-corrected chi connectivity index (χ0v) is 19.5. The molecule has 8 nitrogen and oxygen atoms in total. The van der Waals surface area contributed by atoms with Crippen molar-refractivity contribution in [3.63, 3.8) is 0 Å². The number of amides is 1. The summed E-state index contributed by atoms with van der Waals surface area (Å²) in [4.78, 5) is 23.8. The molecule has 1 saturated heterocycles. The van der Waals surface area contributed by atoms with E-state index in [2.05, 4.69) is 20.2 Å². The monoisotopic (exact) mass is 487 g/mol. The van der Waals surface area contributed by atoms with Crippen molar-refractivity contribution in [1.82, 2.24) is 20.2 Å². The second-order valence-corrected chi connectivity index (χ2v) is 8.56. The van der Waals surface area contributed by atoms with Gasteiger partial charge in [-0.05, 0) is 42.0 Å². The van der Waals surface area contributed by atoms with Gasteiger partial charge >= 0.3 is 6.09 Å². The standard InChI is InChI=1S/C23H23Cl2N5O3/c1-29(23(31)32)14-15-8-20(16-10-17(24)12-18(25)11-16)28-22(9-15)33-19-2-3-21(27-13-19)30-6-4-26-5-7-30/h2-3,8-13,26H,4-7,14H2,1H3,(H,31,32). The molecule has 1 amide bonds. The van der Waals surface area contributed by atoms with E-state index < -0.39 is 6.09 Å². The van der Waals surface area contributed by atoms with E-state index in [0.29, 0.717) is 38.5 Å². The maximum absolute atomic E-state index is 11.3. The van der Waals surface area contributed by atoms with Gasteiger partial charge in [0.1, 0.15) is 11.6 Å². The lowest BCUT2D eigenvalue weighted by atomic mass is 10.1. The number of nitrogens with one attached hydrogen (secondary N) is 1. The molecule has 1 aliphatic heterocycles. The predicted octanol–water partition coefficient (Wildman–Crippen LogP) is 4.76. The van der Waals surface area contributed by atoms with Crippen LogP contribution in [0.1, 0.15) is 5.56 Å². The van der Waals surface area contributed by atoms with Crippen molar-refractivity contribution in [2.75, 3.05) is 38.1 Å². The Balaban J connectivity index is 1.62. The third-order valence-electron chi connectivity index (χ3n) is 5.15. The van der Waals surface area contributed by atoms with Gasteiger partial charge in [-0.3, -0.25) is 0 Å². The van der Waals surface area contributed by atoms with Crippen LogP contribution in [-0.2, 0) is 6.54 Å². The van der Waals surface area contributed by atoms with Crippen LogP contribution in [0.3, 0.4) is 0 Å². The molecule has 0 saturated carbocycles. The quantitative estimate of drug-likeness (QED) is 0.517. The molecule has 10 heteroatoms. The first-order chi connectivity index (χ1) is 15.9. The first kappa shape index (κ1) is 23.1. The molecule has 0 aliphatic carbocycles. The van der Waals surface area contributed by atoms with Crippen LogP contribution in [0.25, 0.3) is 11.3 Å². The molecule has 1 aliphatic rings. The Hall–Kier alpha value is -3.07. The van der Waals surface area contributed by atoms with E-state index in [1.54, 1.807) is 36.5 Å². The molecule has 4 rings (SSSR count). The maximum Gasteiger partial charge on any atom is 0.407 e. The Morgan fingerprint density at radius 3 is 2.52 bits per heavy atom. The van der Waals surface area contributed by atoms with Gasteiger partial charge in [-0.2, -0.15) is 0 Å². The van der Waals surface area contributed by atoms with Gasteiger partial charge in [0.05, 0.1) is 11.9 Å². The fourth-order valence-corrected chi connectivity index (χ4v) is 4.05. The number of pyridine rings is 2. The minimum atomic E-state index is -1.03. The summed E-state index contributed by atoms with van der Waals surface area (Å²) in [7, 11) is 1.50. The highest BCUT2D eigenvalue weighted by Gasteiger charge is 2.14. The second kappa shape index (κ2) is 10.2. The van der Waals surface area contributed by atoms with Crippen molar-refractivity contribution in [1.29, 1.82) is 0 Å². The van der Waals surface area contributed by atoms with Crippen molar-refractivity contribution in [2.24, 2.45) is 0 Å². The SMILES string of the molecule is CN(Cc1cc(Oc2ccc(N3CCNCC3)nc2)nc(-c2cc(Cl)cc(Cl)c2)c1)C(=O)O. The fraction of sp³-hybridized carbons (Fsp3) is 0.261. The Morgan fingerprint density at radius 2 is 1.88 bits per heavy atom. The number of aromatic nitrogens is 2. The van der Waals surface area contributed by atoms with Crippen LogP contribution in [0.15, 0.2) is 48.7 Å². The lowest BCUT2D eigenvalue weighted by Gasteiger charge is -2.28. The van der Waals surface area contributed by atoms with Gasteiger partial charge in [0.2, 0.25) is 5.88 Å². The van der Waals surface area contributed by atoms with E-state index in [9.17, 15) is 9.90 Å². The highest BCUT2D eigenvalue weighted by molar-refractivity contribution is 6.35. The zero-order valence-electron chi connectivity index (χ0n) is 18.0. The largest absolute Gasteiger partial charge is 0.465 e. The molecule has 0 bridgehead atoms. The molecule has 0 atom stereocenters. The molecule has 0 spiro atoms. The Labute approximate surface area is 201 Å². The van der Waals surface area contributed by atoms with Crippen LogP contribution in [0.4, 0.5) is 10.6 Å². The minimum absolute atomic E-state index is 0.162. The molecule has 3 heterocycles. The Kier molecular flexibility index (Phi) is 7.17. The van der Waals surface area contributed by atoms with Crippen LogP contribution in [-0.4, -0.2) is 59.3 Å². The number of piperazine rings is 1. The van der Waals surface area contributed by atoms with Gasteiger partial charge < -0.3 is 25.0 Å². The summed E-state index contributed by atoms with van der Waals surface area (Å²) in [6, 6.07) is 12.4. The third kappa shape index (κ3) is 6.04. The van der Waals surface area contributed by atoms with Crippen LogP contribution in [0, 0.1) is 0 Å². The van der Waals surface area contributed by atoms with E-state index in [0.717, 1.165) is 32.0 Å². The number of rotatable bonds is 6. The maximum atomic E-state index is 11.3. The van der Waals surface area contributed by atoms with Crippen LogP contribution >= 0.6 is 23.2 Å². The average molecular weight is 488 g/mol. The summed E-state index contributed by atoms with van der Waals surface area (Å²) in [5, 5.41) is 13.5. The van der Waals surface area contributed by atoms with Gasteiger partial charge in [-0.1, -0.05) is 23.2 Å². The van der Waals surface area contributed by atoms with E-state index >= 15 is 0 Å². The molecule has 33 heavy (non-hydrogen) atoms. The van der Waals surface area contributed by atoms with Crippen molar-refractivity contribution in [2.45, 2.75) is 6.54 Å². The van der Waals surface area contributed by atoms with Gasteiger partial charge in [0.15, 0.2) is 0 Å². The summed E-state index contributed by atoms with van der Waals surface area (Å²) < 4.78 is 5.99. The first-order valence-corrected chi connectivity index (χ1v) is 11.1. The number of nitrogens with zero attached hydrogens (tertiary/aromatic N) is 4. The highest BCUT2D eigenvalue weighted by atomic mass is 35.5. The molecule has 0 unspecified atom stereocenters. The molecule has 0 radical (unpaired) electrons. The number of ether oxygens (including phenoxy) is 1. The highest BCUT2D eigenvalue weighted by Crippen LogP contribution is 2.30. The number of halogens is 2. The summed E-state index contributed by atoms with van der Waals surface area (Å²) >= 11 is 12.3. The number of carboxylic acid groups (broad SMARTS) is 1. The van der Waals surface area contributed by atoms with Gasteiger partial charge in [0, 0.05) is 61.4 Å². The van der Waals surface area contributed by atoms with Gasteiger partial charge in [-0.25, -0.2) is 14.8 Å². The number of hydrogen-bond acceptors (Lipinski definition) is 6. The topological polar surface area (TPSA) is 90.8 Å². The normalized spacial score (nSPS) is 13.6. The van der Waals surface area contributed by atoms with Crippen molar-refractivity contribution >= 4 is 35.1 Å². The average Bonchev–Trinajstić information content (AvgIpc) is 2.79. The Morgan fingerprint density at radius 1 is 1.15 bits per heavy atom. The first-order valence-electron chi connectivity index (χ1n) is 10.4. The molecular weight excluding hydrogens is 465 g/mol. The molecule has 2 aromatic heterocycles. The number of carbonyl (C=O) groups is 1. The lowest BCUT2D eigenvalue weighted by molar-refractivity contribution is 0.153. The number of anilines is 1. The zero-order chi connectivity index (χ0) is 23.4. The number of benzene rings is 1. The predicted molar refractivity (Wildman–Crippen MR) is 129 cm³/mol. The van der Waals surface area contributed by atoms with E-state index in [1.807, 2.05) is 12.1 Å². The van der Waals surface area contributed by atoms with Crippen LogP contribution in [0.5, 0.6) is 11.6 Å². The minimum Gasteiger partial charge on any atom is -0.465 e. The molecule has 3 aromatic rings. The lowest BCUT2D eigenvalue weighted by Crippen LogP contribution is -2.43. The van der Waals surface area contributed by atoms with Gasteiger partial charge in [-0.15, -0.1) is 0 Å². The molecule has 1 aromatic carbocycles. The van der Waals surface area contributed by atoms with Crippen LogP contribution < -0.4 is 15.0 Å². The summed E-state index contributed by atoms with van der Waals surface area (Å²) in [6.45, 7) is 3.82. The van der Waals surface area contributed by atoms with Crippen LogP contribution in [0.2, 0.25) is 10.0 Å². The van der Waals surface area contributed by atoms with E-state index in [4.69, 9.17) is 27.9 Å². The van der Waals surface area contributed by atoms with Gasteiger partial charge in [0.25, 0.3) is 0 Å². The fourth-order valence-electron chi connectivity index (χ4n) is 3.53. The summed E-state index contributed by atoms with van der Waals surface area (Å²) in [6.07, 6.45) is 0.625. The van der Waals surface area contributed by atoms with E-state index in [-0.39, 0.29) is 6.54 Å². The molecule has 172 valence electrons. The molecular formula is C23H23Cl2N5O3. The summed E-state index contributed by atoms with van der Waals surface area (Å²) in [5.74, 6) is 1.73. The van der Waals surface area contributed by atoms with Crippen molar-refractivity contribution in [3.05, 3.63) is 64.3 Å². The summed E-state index contributed by atoms with van der Waals surface area (Å²) in [5.41, 5.74) is 1.97.